The third-order valence-corrected chi connectivity index (χ3v) is 3.70. The lowest BCUT2D eigenvalue weighted by Gasteiger charge is -2.42. The van der Waals surface area contributed by atoms with Crippen molar-refractivity contribution in [2.75, 3.05) is 11.4 Å². The zero-order chi connectivity index (χ0) is 13.2. The molecule has 0 aromatic carbocycles. The number of carboxylic acids is 1. The van der Waals surface area contributed by atoms with Gasteiger partial charge in [0, 0.05) is 18.3 Å². The summed E-state index contributed by atoms with van der Waals surface area (Å²) in [5, 5.41) is 9.47. The van der Waals surface area contributed by atoms with Crippen molar-refractivity contribution in [3.63, 3.8) is 0 Å². The first-order valence-electron chi connectivity index (χ1n) is 6.40. The molecule has 0 spiro atoms. The molecule has 5 nitrogen and oxygen atoms in total. The average molecular weight is 249 g/mol. The van der Waals surface area contributed by atoms with E-state index in [1.54, 1.807) is 6.92 Å². The Labute approximate surface area is 107 Å². The highest BCUT2D eigenvalue weighted by Crippen LogP contribution is 2.32. The molecule has 5 heteroatoms. The lowest BCUT2D eigenvalue weighted by molar-refractivity contribution is -0.143. The lowest BCUT2D eigenvalue weighted by atomic mass is 9.88. The van der Waals surface area contributed by atoms with Gasteiger partial charge < -0.3 is 10.0 Å². The first-order chi connectivity index (χ1) is 8.58. The van der Waals surface area contributed by atoms with Gasteiger partial charge in [0.15, 0.2) is 0 Å². The van der Waals surface area contributed by atoms with Gasteiger partial charge in [-0.25, -0.2) is 14.8 Å². The highest BCUT2D eigenvalue weighted by atomic mass is 16.4. The Bertz CT molecular complexity index is 450. The van der Waals surface area contributed by atoms with Crippen LogP contribution in [0.5, 0.6) is 0 Å². The van der Waals surface area contributed by atoms with Crippen LogP contribution in [0.4, 0.5) is 5.82 Å². The predicted molar refractivity (Wildman–Crippen MR) is 68.6 cm³/mol. The Morgan fingerprint density at radius 1 is 1.50 bits per heavy atom. The number of aryl methyl sites for hydroxylation is 1. The topological polar surface area (TPSA) is 66.3 Å². The Balaban J connectivity index is 2.36. The van der Waals surface area contributed by atoms with E-state index >= 15 is 0 Å². The fourth-order valence-electron chi connectivity index (χ4n) is 2.44. The number of carboxylic acid groups (broad SMARTS) is 1. The van der Waals surface area contributed by atoms with E-state index in [0.717, 1.165) is 37.3 Å². The number of rotatable bonds is 3. The van der Waals surface area contributed by atoms with Crippen LogP contribution in [-0.4, -0.2) is 33.1 Å². The van der Waals surface area contributed by atoms with E-state index in [1.165, 1.54) is 6.33 Å². The molecule has 98 valence electrons. The Hall–Kier alpha value is -1.65. The molecule has 18 heavy (non-hydrogen) atoms. The van der Waals surface area contributed by atoms with Crippen LogP contribution in [0.1, 0.15) is 38.8 Å². The number of hydrogen-bond donors (Lipinski definition) is 1. The summed E-state index contributed by atoms with van der Waals surface area (Å²) in [6.45, 7) is 4.55. The van der Waals surface area contributed by atoms with Crippen LogP contribution in [0.25, 0.3) is 0 Å². The number of anilines is 1. The molecule has 0 saturated carbocycles. The van der Waals surface area contributed by atoms with Crippen molar-refractivity contribution < 1.29 is 9.90 Å². The normalized spacial score (nSPS) is 24.0. The number of aromatic nitrogens is 2. The Morgan fingerprint density at radius 2 is 2.28 bits per heavy atom. The second-order valence-corrected chi connectivity index (χ2v) is 4.91. The van der Waals surface area contributed by atoms with Gasteiger partial charge in [-0.3, -0.25) is 0 Å². The van der Waals surface area contributed by atoms with Crippen LogP contribution in [0, 0.1) is 0 Å². The largest absolute Gasteiger partial charge is 0.480 e. The van der Waals surface area contributed by atoms with Gasteiger partial charge >= 0.3 is 5.97 Å². The van der Waals surface area contributed by atoms with Crippen molar-refractivity contribution in [1.82, 2.24) is 9.97 Å². The first-order valence-corrected chi connectivity index (χ1v) is 6.40. The summed E-state index contributed by atoms with van der Waals surface area (Å²) in [5.41, 5.74) is 0.0933. The molecule has 1 aliphatic rings. The molecule has 1 fully saturated rings. The fraction of sp³-hybridized carbons (Fsp3) is 0.615. The van der Waals surface area contributed by atoms with Crippen molar-refractivity contribution in [3.8, 4) is 0 Å². The van der Waals surface area contributed by atoms with Crippen LogP contribution in [0.15, 0.2) is 12.4 Å². The SMILES string of the molecule is CCc1cc(N2CCCCC2(C)C(=O)O)ncn1. The zero-order valence-electron chi connectivity index (χ0n) is 10.9. The van der Waals surface area contributed by atoms with E-state index in [-0.39, 0.29) is 0 Å². The molecular formula is C13H19N3O2. The molecule has 2 heterocycles. The third kappa shape index (κ3) is 2.17. The number of nitrogens with zero attached hydrogens (tertiary/aromatic N) is 3. The lowest BCUT2D eigenvalue weighted by Crippen LogP contribution is -2.55. The standard InChI is InChI=1S/C13H19N3O2/c1-3-10-8-11(15-9-14-10)16-7-5-4-6-13(16,2)12(17)18/h8-9H,3-7H2,1-2H3,(H,17,18). The second kappa shape index (κ2) is 4.92. The number of aliphatic carboxylic acids is 1. The molecule has 1 atom stereocenters. The van der Waals surface area contributed by atoms with E-state index < -0.39 is 11.5 Å². The van der Waals surface area contributed by atoms with E-state index in [2.05, 4.69) is 9.97 Å². The van der Waals surface area contributed by atoms with Crippen LogP contribution in [0.2, 0.25) is 0 Å². The highest BCUT2D eigenvalue weighted by Gasteiger charge is 2.42. The van der Waals surface area contributed by atoms with E-state index in [9.17, 15) is 9.90 Å². The summed E-state index contributed by atoms with van der Waals surface area (Å²) in [7, 11) is 0. The van der Waals surface area contributed by atoms with E-state index in [4.69, 9.17) is 0 Å². The van der Waals surface area contributed by atoms with Crippen LogP contribution in [-0.2, 0) is 11.2 Å². The first kappa shape index (κ1) is 12.8. The summed E-state index contributed by atoms with van der Waals surface area (Å²) in [6.07, 6.45) is 4.96. The van der Waals surface area contributed by atoms with Gasteiger partial charge in [0.2, 0.25) is 0 Å². The minimum absolute atomic E-state index is 0.661. The summed E-state index contributed by atoms with van der Waals surface area (Å²) in [6, 6.07) is 1.90. The molecule has 1 aromatic heterocycles. The maximum absolute atomic E-state index is 11.5. The minimum Gasteiger partial charge on any atom is -0.480 e. The summed E-state index contributed by atoms with van der Waals surface area (Å²) in [5.74, 6) is -0.0506. The van der Waals surface area contributed by atoms with Crippen molar-refractivity contribution >= 4 is 11.8 Å². The third-order valence-electron chi connectivity index (χ3n) is 3.70. The maximum atomic E-state index is 11.5. The van der Waals surface area contributed by atoms with Crippen LogP contribution < -0.4 is 4.90 Å². The molecule has 2 rings (SSSR count). The number of hydrogen-bond acceptors (Lipinski definition) is 4. The van der Waals surface area contributed by atoms with Gasteiger partial charge in [0.1, 0.15) is 17.7 Å². The Morgan fingerprint density at radius 3 is 2.94 bits per heavy atom. The molecule has 1 aromatic rings. The number of carbonyl (C=O) groups is 1. The summed E-state index contributed by atoms with van der Waals surface area (Å²) < 4.78 is 0. The fourth-order valence-corrected chi connectivity index (χ4v) is 2.44. The van der Waals surface area contributed by atoms with E-state index in [0.29, 0.717) is 6.42 Å². The molecule has 0 radical (unpaired) electrons. The van der Waals surface area contributed by atoms with Gasteiger partial charge in [0.25, 0.3) is 0 Å². The summed E-state index contributed by atoms with van der Waals surface area (Å²) in [4.78, 5) is 21.8. The van der Waals surface area contributed by atoms with Crippen LogP contribution >= 0.6 is 0 Å². The van der Waals surface area contributed by atoms with E-state index in [1.807, 2.05) is 17.9 Å². The molecular weight excluding hydrogens is 230 g/mol. The smallest absolute Gasteiger partial charge is 0.329 e. The van der Waals surface area contributed by atoms with Gasteiger partial charge in [-0.1, -0.05) is 6.92 Å². The zero-order valence-corrected chi connectivity index (χ0v) is 10.9. The molecule has 1 aliphatic heterocycles. The van der Waals surface area contributed by atoms with Gasteiger partial charge in [-0.05, 0) is 32.6 Å². The molecule has 0 amide bonds. The molecule has 0 bridgehead atoms. The second-order valence-electron chi connectivity index (χ2n) is 4.91. The van der Waals surface area contributed by atoms with Gasteiger partial charge in [-0.2, -0.15) is 0 Å². The van der Waals surface area contributed by atoms with Crippen molar-refractivity contribution in [1.29, 1.82) is 0 Å². The van der Waals surface area contributed by atoms with Crippen molar-refractivity contribution in [2.45, 2.75) is 45.1 Å². The molecule has 0 aliphatic carbocycles. The summed E-state index contributed by atoms with van der Waals surface area (Å²) >= 11 is 0. The predicted octanol–water partition coefficient (Wildman–Crippen LogP) is 1.87. The average Bonchev–Trinajstić information content (AvgIpc) is 2.39. The maximum Gasteiger partial charge on any atom is 0.329 e. The molecule has 1 unspecified atom stereocenters. The Kier molecular flexibility index (Phi) is 3.50. The quantitative estimate of drug-likeness (QED) is 0.885. The van der Waals surface area contributed by atoms with Gasteiger partial charge in [0.05, 0.1) is 0 Å². The number of piperidine rings is 1. The molecule has 1 N–H and O–H groups in total. The minimum atomic E-state index is -0.850. The van der Waals surface area contributed by atoms with Gasteiger partial charge in [-0.15, -0.1) is 0 Å². The van der Waals surface area contributed by atoms with Crippen molar-refractivity contribution in [3.05, 3.63) is 18.1 Å². The highest BCUT2D eigenvalue weighted by molar-refractivity contribution is 5.83. The van der Waals surface area contributed by atoms with Crippen LogP contribution in [0.3, 0.4) is 0 Å². The van der Waals surface area contributed by atoms with Crippen molar-refractivity contribution in [2.24, 2.45) is 0 Å². The monoisotopic (exact) mass is 249 g/mol. The molecule has 1 saturated heterocycles.